The molecule has 5 nitrogen and oxygen atoms in total. The number of hydrogen-bond donors (Lipinski definition) is 1. The molecule has 0 saturated carbocycles. The van der Waals surface area contributed by atoms with Crippen molar-refractivity contribution < 1.29 is 9.47 Å². The van der Waals surface area contributed by atoms with Gasteiger partial charge in [0.05, 0.1) is 20.3 Å². The standard InChI is InChI=1S/C16H27N3O2/c1-18(2)15(12-19-9-7-17-8-10-19)14-6-5-13(20-3)11-16(14)21-4/h5-6,11,15,17H,7-10,12H2,1-4H3. The van der Waals surface area contributed by atoms with Crippen LogP contribution in [0.3, 0.4) is 0 Å². The molecule has 2 rings (SSSR count). The highest BCUT2D eigenvalue weighted by molar-refractivity contribution is 5.42. The Morgan fingerprint density at radius 3 is 2.48 bits per heavy atom. The molecule has 5 heteroatoms. The Balaban J connectivity index is 2.20. The lowest BCUT2D eigenvalue weighted by molar-refractivity contribution is 0.166. The highest BCUT2D eigenvalue weighted by Gasteiger charge is 2.22. The summed E-state index contributed by atoms with van der Waals surface area (Å²) in [6.07, 6.45) is 0. The third kappa shape index (κ3) is 4.09. The number of likely N-dealkylation sites (N-methyl/N-ethyl adjacent to an activating group) is 1. The summed E-state index contributed by atoms with van der Waals surface area (Å²) in [5, 5.41) is 3.40. The van der Waals surface area contributed by atoms with Gasteiger partial charge in [-0.05, 0) is 20.2 Å². The highest BCUT2D eigenvalue weighted by Crippen LogP contribution is 2.32. The Bertz CT molecular complexity index is 445. The highest BCUT2D eigenvalue weighted by atomic mass is 16.5. The molecule has 1 aromatic rings. The van der Waals surface area contributed by atoms with Crippen molar-refractivity contribution in [3.8, 4) is 11.5 Å². The third-order valence-electron chi connectivity index (χ3n) is 4.06. The number of piperazine rings is 1. The molecule has 1 saturated heterocycles. The van der Waals surface area contributed by atoms with Crippen LogP contribution in [0.4, 0.5) is 0 Å². The van der Waals surface area contributed by atoms with Crippen LogP contribution in [-0.4, -0.2) is 70.8 Å². The molecule has 0 bridgehead atoms. The maximum atomic E-state index is 5.57. The normalized spacial score (nSPS) is 17.8. The van der Waals surface area contributed by atoms with Crippen LogP contribution < -0.4 is 14.8 Å². The molecule has 1 atom stereocenters. The maximum Gasteiger partial charge on any atom is 0.127 e. The zero-order valence-electron chi connectivity index (χ0n) is 13.6. The van der Waals surface area contributed by atoms with Crippen LogP contribution in [0.2, 0.25) is 0 Å². The van der Waals surface area contributed by atoms with E-state index < -0.39 is 0 Å². The molecule has 1 N–H and O–H groups in total. The first-order valence-corrected chi connectivity index (χ1v) is 7.47. The quantitative estimate of drug-likeness (QED) is 0.853. The van der Waals surface area contributed by atoms with Gasteiger partial charge in [-0.25, -0.2) is 0 Å². The van der Waals surface area contributed by atoms with Gasteiger partial charge in [-0.2, -0.15) is 0 Å². The number of nitrogens with zero attached hydrogens (tertiary/aromatic N) is 2. The molecule has 1 aliphatic heterocycles. The number of ether oxygens (including phenoxy) is 2. The van der Waals surface area contributed by atoms with E-state index in [9.17, 15) is 0 Å². The minimum atomic E-state index is 0.309. The van der Waals surface area contributed by atoms with Gasteiger partial charge in [0.1, 0.15) is 11.5 Å². The first kappa shape index (κ1) is 16.1. The van der Waals surface area contributed by atoms with Gasteiger partial charge in [0.15, 0.2) is 0 Å². The van der Waals surface area contributed by atoms with Crippen LogP contribution in [0.25, 0.3) is 0 Å². The molecule has 0 amide bonds. The zero-order valence-corrected chi connectivity index (χ0v) is 13.6. The lowest BCUT2D eigenvalue weighted by Crippen LogP contribution is -2.46. The second-order valence-corrected chi connectivity index (χ2v) is 5.64. The molecule has 1 aromatic carbocycles. The summed E-state index contributed by atoms with van der Waals surface area (Å²) < 4.78 is 10.9. The van der Waals surface area contributed by atoms with Gasteiger partial charge in [-0.15, -0.1) is 0 Å². The predicted octanol–water partition coefficient (Wildman–Crippen LogP) is 1.21. The fourth-order valence-electron chi connectivity index (χ4n) is 2.77. The van der Waals surface area contributed by atoms with Gasteiger partial charge in [0.2, 0.25) is 0 Å². The smallest absolute Gasteiger partial charge is 0.127 e. The molecule has 1 aliphatic rings. The fraction of sp³-hybridized carbons (Fsp3) is 0.625. The van der Waals surface area contributed by atoms with E-state index in [1.54, 1.807) is 14.2 Å². The minimum absolute atomic E-state index is 0.309. The average Bonchev–Trinajstić information content (AvgIpc) is 2.52. The summed E-state index contributed by atoms with van der Waals surface area (Å²) in [5.41, 5.74) is 1.21. The van der Waals surface area contributed by atoms with E-state index in [2.05, 4.69) is 35.3 Å². The van der Waals surface area contributed by atoms with Crippen molar-refractivity contribution in [1.29, 1.82) is 0 Å². The molecule has 1 unspecified atom stereocenters. The van der Waals surface area contributed by atoms with Gasteiger partial charge >= 0.3 is 0 Å². The summed E-state index contributed by atoms with van der Waals surface area (Å²) in [6, 6.07) is 6.39. The molecule has 118 valence electrons. The lowest BCUT2D eigenvalue weighted by atomic mass is 10.0. The van der Waals surface area contributed by atoms with Gasteiger partial charge in [0.25, 0.3) is 0 Å². The summed E-state index contributed by atoms with van der Waals surface area (Å²) in [5.74, 6) is 1.72. The Morgan fingerprint density at radius 1 is 1.19 bits per heavy atom. The molecule has 0 aliphatic carbocycles. The van der Waals surface area contributed by atoms with Crippen LogP contribution in [0.1, 0.15) is 11.6 Å². The second-order valence-electron chi connectivity index (χ2n) is 5.64. The third-order valence-corrected chi connectivity index (χ3v) is 4.06. The number of hydrogen-bond acceptors (Lipinski definition) is 5. The van der Waals surface area contributed by atoms with Gasteiger partial charge in [0, 0.05) is 44.4 Å². The number of methoxy groups -OCH3 is 2. The second kappa shape index (κ2) is 7.64. The summed E-state index contributed by atoms with van der Waals surface area (Å²) in [7, 11) is 7.64. The van der Waals surface area contributed by atoms with Crippen molar-refractivity contribution in [2.24, 2.45) is 0 Å². The van der Waals surface area contributed by atoms with Crippen molar-refractivity contribution in [3.63, 3.8) is 0 Å². The first-order chi connectivity index (χ1) is 10.2. The van der Waals surface area contributed by atoms with Crippen molar-refractivity contribution >= 4 is 0 Å². The van der Waals surface area contributed by atoms with Gasteiger partial charge in [-0.1, -0.05) is 6.07 Å². The molecule has 0 aromatic heterocycles. The van der Waals surface area contributed by atoms with Gasteiger partial charge < -0.3 is 19.7 Å². The van der Waals surface area contributed by atoms with E-state index in [0.717, 1.165) is 44.2 Å². The van der Waals surface area contributed by atoms with Crippen molar-refractivity contribution in [3.05, 3.63) is 23.8 Å². The summed E-state index contributed by atoms with van der Waals surface area (Å²) in [4.78, 5) is 4.76. The Morgan fingerprint density at radius 2 is 1.90 bits per heavy atom. The van der Waals surface area contributed by atoms with E-state index in [4.69, 9.17) is 9.47 Å². The lowest BCUT2D eigenvalue weighted by Gasteiger charge is -2.34. The first-order valence-electron chi connectivity index (χ1n) is 7.47. The van der Waals surface area contributed by atoms with Crippen molar-refractivity contribution in [2.45, 2.75) is 6.04 Å². The topological polar surface area (TPSA) is 37.0 Å². The van der Waals surface area contributed by atoms with Gasteiger partial charge in [-0.3, -0.25) is 4.90 Å². The van der Waals surface area contributed by atoms with Crippen LogP contribution in [0.15, 0.2) is 18.2 Å². The van der Waals surface area contributed by atoms with E-state index in [0.29, 0.717) is 6.04 Å². The van der Waals surface area contributed by atoms with Crippen molar-refractivity contribution in [1.82, 2.24) is 15.1 Å². The molecule has 1 fully saturated rings. The Hall–Kier alpha value is -1.30. The fourth-order valence-corrected chi connectivity index (χ4v) is 2.77. The SMILES string of the molecule is COc1ccc(C(CN2CCNCC2)N(C)C)c(OC)c1. The number of rotatable bonds is 6. The zero-order chi connectivity index (χ0) is 15.2. The molecule has 1 heterocycles. The Labute approximate surface area is 127 Å². The number of nitrogens with one attached hydrogen (secondary N) is 1. The van der Waals surface area contributed by atoms with Crippen LogP contribution >= 0.6 is 0 Å². The van der Waals surface area contributed by atoms with Crippen LogP contribution in [0.5, 0.6) is 11.5 Å². The molecule has 0 radical (unpaired) electrons. The molecule has 0 spiro atoms. The largest absolute Gasteiger partial charge is 0.497 e. The molecule has 21 heavy (non-hydrogen) atoms. The maximum absolute atomic E-state index is 5.57. The van der Waals surface area contributed by atoms with E-state index in [1.807, 2.05) is 12.1 Å². The van der Waals surface area contributed by atoms with Crippen molar-refractivity contribution in [2.75, 3.05) is 61.0 Å². The summed E-state index contributed by atoms with van der Waals surface area (Å²) in [6.45, 7) is 5.35. The number of benzene rings is 1. The van der Waals surface area contributed by atoms with E-state index in [1.165, 1.54) is 5.56 Å². The van der Waals surface area contributed by atoms with E-state index >= 15 is 0 Å². The molecular formula is C16H27N3O2. The summed E-state index contributed by atoms with van der Waals surface area (Å²) >= 11 is 0. The van der Waals surface area contributed by atoms with E-state index in [-0.39, 0.29) is 0 Å². The predicted molar refractivity (Wildman–Crippen MR) is 85.3 cm³/mol. The Kier molecular flexibility index (Phi) is 5.85. The monoisotopic (exact) mass is 293 g/mol. The van der Waals surface area contributed by atoms with Crippen LogP contribution in [-0.2, 0) is 0 Å². The minimum Gasteiger partial charge on any atom is -0.497 e. The average molecular weight is 293 g/mol. The van der Waals surface area contributed by atoms with Crippen LogP contribution in [0, 0.1) is 0 Å². The molecular weight excluding hydrogens is 266 g/mol.